The minimum atomic E-state index is -1.41. The number of aliphatic hydroxyl groups is 2. The Balaban J connectivity index is 0.00000612. The van der Waals surface area contributed by atoms with E-state index in [1.54, 1.807) is 6.08 Å². The zero-order chi connectivity index (χ0) is 25.4. The van der Waals surface area contributed by atoms with Crippen LogP contribution in [0.1, 0.15) is 74.6 Å². The number of carboxylic acid groups (broad SMARTS) is 1. The van der Waals surface area contributed by atoms with Crippen molar-refractivity contribution in [3.05, 3.63) is 53.1 Å². The summed E-state index contributed by atoms with van der Waals surface area (Å²) in [7, 11) is 0. The molecule has 35 heavy (non-hydrogen) atoms. The third kappa shape index (κ3) is 9.50. The summed E-state index contributed by atoms with van der Waals surface area (Å²) in [6, 6.07) is 5.63. The topological polar surface area (TPSA) is 128 Å². The van der Waals surface area contributed by atoms with Gasteiger partial charge in [0.2, 0.25) is 0 Å². The minimum absolute atomic E-state index is 0. The summed E-state index contributed by atoms with van der Waals surface area (Å²) in [6.45, 7) is 8.44. The fourth-order valence-electron chi connectivity index (χ4n) is 3.51. The zero-order valence-electron chi connectivity index (χ0n) is 21.0. The third-order valence-electron chi connectivity index (χ3n) is 5.22. The van der Waals surface area contributed by atoms with Crippen LogP contribution in [0.4, 0.5) is 4.39 Å². The van der Waals surface area contributed by atoms with Crippen molar-refractivity contribution < 1.29 is 58.9 Å². The standard InChI is InChI=1S/C25H34FN3O5.Na/c1-15(2)11-12-27-25(34)24-23(16(3)4)21(10-9-19(30)13-20(31)14-22(32)33)29(28-24)18-7-5-17(26)6-8-18;/h5-10,15-16,19-20,30-31H,11-14H2,1-4H3,(H,27,34)(H,32,33);/q;+1/p-1/t19-,20+;/m0./s1. The average molecular weight is 498 g/mol. The molecule has 0 aliphatic carbocycles. The van der Waals surface area contributed by atoms with Crippen molar-refractivity contribution in [3.8, 4) is 5.69 Å². The van der Waals surface area contributed by atoms with Gasteiger partial charge >= 0.3 is 29.6 Å². The molecule has 0 unspecified atom stereocenters. The van der Waals surface area contributed by atoms with Gasteiger partial charge in [0.1, 0.15) is 5.82 Å². The maximum atomic E-state index is 13.5. The molecule has 0 saturated carbocycles. The summed E-state index contributed by atoms with van der Waals surface area (Å²) in [6.07, 6.45) is 0.599. The number of halogens is 1. The number of benzene rings is 1. The number of hydrogen-bond acceptors (Lipinski definition) is 6. The van der Waals surface area contributed by atoms with E-state index in [-0.39, 0.29) is 53.5 Å². The minimum Gasteiger partial charge on any atom is -0.550 e. The SMILES string of the molecule is CC(C)CCNC(=O)c1nn(-c2ccc(F)cc2)c(C=C[C@H](O)C[C@@H](O)CC(=O)[O-])c1C(C)C.[Na+]. The van der Waals surface area contributed by atoms with E-state index in [0.717, 1.165) is 6.42 Å². The number of amides is 1. The largest absolute Gasteiger partial charge is 1.00 e. The van der Waals surface area contributed by atoms with Gasteiger partial charge < -0.3 is 25.4 Å². The fourth-order valence-corrected chi connectivity index (χ4v) is 3.51. The summed E-state index contributed by atoms with van der Waals surface area (Å²) in [5, 5.41) is 38.1. The van der Waals surface area contributed by atoms with E-state index in [1.165, 1.54) is 35.0 Å². The van der Waals surface area contributed by atoms with Crippen molar-refractivity contribution in [3.63, 3.8) is 0 Å². The molecular weight excluding hydrogens is 464 g/mol. The molecular formula is C25H33FN3NaO5. The first-order valence-electron chi connectivity index (χ1n) is 11.4. The van der Waals surface area contributed by atoms with E-state index in [0.29, 0.717) is 29.4 Å². The van der Waals surface area contributed by atoms with E-state index in [4.69, 9.17) is 0 Å². The number of carboxylic acids is 1. The Morgan fingerprint density at radius 3 is 2.34 bits per heavy atom. The number of rotatable bonds is 12. The molecule has 186 valence electrons. The van der Waals surface area contributed by atoms with Gasteiger partial charge in [0.25, 0.3) is 5.91 Å². The van der Waals surface area contributed by atoms with Gasteiger partial charge in [0, 0.05) is 30.9 Å². The Kier molecular flexibility index (Phi) is 12.8. The number of carbonyl (C=O) groups is 2. The molecule has 2 aromatic rings. The first-order valence-corrected chi connectivity index (χ1v) is 11.4. The molecule has 0 radical (unpaired) electrons. The number of nitrogens with zero attached hydrogens (tertiary/aromatic N) is 2. The third-order valence-corrected chi connectivity index (χ3v) is 5.22. The van der Waals surface area contributed by atoms with E-state index in [1.807, 2.05) is 13.8 Å². The van der Waals surface area contributed by atoms with Crippen LogP contribution in [-0.4, -0.2) is 50.6 Å². The van der Waals surface area contributed by atoms with Gasteiger partial charge in [-0.25, -0.2) is 9.07 Å². The van der Waals surface area contributed by atoms with Crippen molar-refractivity contribution in [1.29, 1.82) is 0 Å². The molecule has 2 atom stereocenters. The Morgan fingerprint density at radius 1 is 1.17 bits per heavy atom. The molecule has 1 aromatic carbocycles. The molecule has 1 amide bonds. The van der Waals surface area contributed by atoms with E-state index >= 15 is 0 Å². The number of aliphatic carboxylic acids is 1. The van der Waals surface area contributed by atoms with E-state index < -0.39 is 30.4 Å². The van der Waals surface area contributed by atoms with Crippen LogP contribution in [-0.2, 0) is 4.79 Å². The predicted molar refractivity (Wildman–Crippen MR) is 125 cm³/mol. The second kappa shape index (κ2) is 14.5. The number of aromatic nitrogens is 2. The molecule has 0 aliphatic rings. The van der Waals surface area contributed by atoms with Gasteiger partial charge in [-0.2, -0.15) is 5.10 Å². The van der Waals surface area contributed by atoms with Crippen LogP contribution in [0.2, 0.25) is 0 Å². The zero-order valence-corrected chi connectivity index (χ0v) is 23.0. The number of nitrogens with one attached hydrogen (secondary N) is 1. The van der Waals surface area contributed by atoms with Crippen molar-refractivity contribution in [2.75, 3.05) is 6.54 Å². The Morgan fingerprint density at radius 2 is 1.80 bits per heavy atom. The van der Waals surface area contributed by atoms with E-state index in [9.17, 15) is 29.3 Å². The Bertz CT molecular complexity index is 1010. The molecule has 0 fully saturated rings. The van der Waals surface area contributed by atoms with Crippen LogP contribution in [0.5, 0.6) is 0 Å². The normalized spacial score (nSPS) is 13.2. The number of hydrogen-bond donors (Lipinski definition) is 3. The quantitative estimate of drug-likeness (QED) is 0.329. The molecule has 1 aromatic heterocycles. The molecule has 10 heteroatoms. The van der Waals surface area contributed by atoms with Gasteiger partial charge in [-0.05, 0) is 48.6 Å². The van der Waals surface area contributed by atoms with Crippen LogP contribution in [0, 0.1) is 11.7 Å². The molecule has 1 heterocycles. The molecule has 2 rings (SSSR count). The van der Waals surface area contributed by atoms with Crippen LogP contribution in [0.3, 0.4) is 0 Å². The van der Waals surface area contributed by atoms with Crippen LogP contribution in [0.25, 0.3) is 11.8 Å². The predicted octanol–water partition coefficient (Wildman–Crippen LogP) is -0.820. The maximum Gasteiger partial charge on any atom is 1.00 e. The van der Waals surface area contributed by atoms with Crippen molar-refractivity contribution in [2.45, 2.75) is 65.1 Å². The van der Waals surface area contributed by atoms with Crippen molar-refractivity contribution >= 4 is 18.0 Å². The first kappa shape index (κ1) is 31.0. The van der Waals surface area contributed by atoms with Crippen LogP contribution in [0.15, 0.2) is 30.3 Å². The first-order chi connectivity index (χ1) is 16.0. The number of carbonyl (C=O) groups excluding carboxylic acids is 2. The average Bonchev–Trinajstić information content (AvgIpc) is 3.11. The van der Waals surface area contributed by atoms with Gasteiger partial charge in [0.15, 0.2) is 5.69 Å². The summed E-state index contributed by atoms with van der Waals surface area (Å²) in [5.74, 6) is -1.84. The number of aliphatic hydroxyl groups excluding tert-OH is 2. The van der Waals surface area contributed by atoms with Crippen molar-refractivity contribution in [1.82, 2.24) is 15.1 Å². The van der Waals surface area contributed by atoms with Gasteiger partial charge in [-0.3, -0.25) is 4.79 Å². The Hall–Kier alpha value is -2.04. The molecule has 3 N–H and O–H groups in total. The summed E-state index contributed by atoms with van der Waals surface area (Å²) in [5.41, 5.74) is 1.92. The molecule has 0 spiro atoms. The van der Waals surface area contributed by atoms with Crippen molar-refractivity contribution in [2.24, 2.45) is 5.92 Å². The van der Waals surface area contributed by atoms with Crippen LogP contribution >= 0.6 is 0 Å². The monoisotopic (exact) mass is 497 g/mol. The second-order valence-corrected chi connectivity index (χ2v) is 9.02. The molecule has 0 bridgehead atoms. The molecule has 0 saturated heterocycles. The smallest absolute Gasteiger partial charge is 0.550 e. The second-order valence-electron chi connectivity index (χ2n) is 9.02. The molecule has 8 nitrogen and oxygen atoms in total. The van der Waals surface area contributed by atoms with Gasteiger partial charge in [-0.1, -0.05) is 33.8 Å². The maximum absolute atomic E-state index is 13.5. The van der Waals surface area contributed by atoms with Crippen LogP contribution < -0.4 is 40.0 Å². The van der Waals surface area contributed by atoms with E-state index in [2.05, 4.69) is 24.3 Å². The summed E-state index contributed by atoms with van der Waals surface area (Å²) < 4.78 is 15.0. The van der Waals surface area contributed by atoms with Gasteiger partial charge in [-0.15, -0.1) is 0 Å². The summed E-state index contributed by atoms with van der Waals surface area (Å²) in [4.78, 5) is 23.6. The van der Waals surface area contributed by atoms with Gasteiger partial charge in [0.05, 0.1) is 23.6 Å². The summed E-state index contributed by atoms with van der Waals surface area (Å²) >= 11 is 0. The molecule has 0 aliphatic heterocycles. The fraction of sp³-hybridized carbons (Fsp3) is 0.480. The Labute approximate surface area is 227 Å².